The van der Waals surface area contributed by atoms with Crippen LogP contribution in [0.1, 0.15) is 75.3 Å². The van der Waals surface area contributed by atoms with E-state index >= 15 is 0 Å². The van der Waals surface area contributed by atoms with Gasteiger partial charge in [0, 0.05) is 22.9 Å². The molecule has 2 aromatic rings. The standard InChI is InChI=1S/C28H44N2S2/c1-31-27-17-13-25(14-18-27)23-29-21-11-9-7-5-3-4-6-8-10-12-22-30-24-26-15-19-28(32-2)20-16-26/h13-20,29-30H,3-12,21-24H2,1-2H3. The molecule has 2 aromatic carbocycles. The highest BCUT2D eigenvalue weighted by molar-refractivity contribution is 7.98. The Morgan fingerprint density at radius 3 is 1.09 bits per heavy atom. The van der Waals surface area contributed by atoms with E-state index in [9.17, 15) is 0 Å². The largest absolute Gasteiger partial charge is 0.313 e. The Hall–Kier alpha value is -0.940. The molecule has 0 aliphatic carbocycles. The van der Waals surface area contributed by atoms with E-state index in [2.05, 4.69) is 71.7 Å². The van der Waals surface area contributed by atoms with Gasteiger partial charge in [0.25, 0.3) is 0 Å². The van der Waals surface area contributed by atoms with Crippen LogP contribution in [0.15, 0.2) is 58.3 Å². The van der Waals surface area contributed by atoms with E-state index < -0.39 is 0 Å². The molecule has 0 aliphatic rings. The lowest BCUT2D eigenvalue weighted by Crippen LogP contribution is -2.14. The quantitative estimate of drug-likeness (QED) is 0.160. The van der Waals surface area contributed by atoms with Gasteiger partial charge in [-0.1, -0.05) is 75.6 Å². The molecule has 32 heavy (non-hydrogen) atoms. The van der Waals surface area contributed by atoms with Crippen LogP contribution in [-0.4, -0.2) is 25.6 Å². The first-order valence-electron chi connectivity index (χ1n) is 12.5. The summed E-state index contributed by atoms with van der Waals surface area (Å²) in [7, 11) is 0. The Kier molecular flexibility index (Phi) is 15.8. The Morgan fingerprint density at radius 1 is 0.469 bits per heavy atom. The van der Waals surface area contributed by atoms with Crippen molar-refractivity contribution in [2.24, 2.45) is 0 Å². The maximum absolute atomic E-state index is 3.58. The highest BCUT2D eigenvalue weighted by atomic mass is 32.2. The minimum absolute atomic E-state index is 0.996. The van der Waals surface area contributed by atoms with Crippen molar-refractivity contribution in [3.8, 4) is 0 Å². The van der Waals surface area contributed by atoms with Gasteiger partial charge < -0.3 is 10.6 Å². The summed E-state index contributed by atoms with van der Waals surface area (Å²) in [5, 5.41) is 7.16. The molecule has 0 aliphatic heterocycles. The molecule has 0 aromatic heterocycles. The fourth-order valence-corrected chi connectivity index (χ4v) is 4.68. The SMILES string of the molecule is CSc1ccc(CNCCCCCCCCCCCCNCc2ccc(SC)cc2)cc1. The number of thioether (sulfide) groups is 2. The van der Waals surface area contributed by atoms with Gasteiger partial charge in [0.15, 0.2) is 0 Å². The van der Waals surface area contributed by atoms with E-state index in [-0.39, 0.29) is 0 Å². The molecule has 2 nitrogen and oxygen atoms in total. The average molecular weight is 473 g/mol. The van der Waals surface area contributed by atoms with Crippen LogP contribution >= 0.6 is 23.5 Å². The summed E-state index contributed by atoms with van der Waals surface area (Å²) in [6.07, 6.45) is 18.0. The molecule has 0 spiro atoms. The van der Waals surface area contributed by atoms with Crippen molar-refractivity contribution in [3.05, 3.63) is 59.7 Å². The first kappa shape index (κ1) is 27.3. The van der Waals surface area contributed by atoms with Crippen molar-refractivity contribution in [3.63, 3.8) is 0 Å². The predicted octanol–water partition coefficient (Wildman–Crippen LogP) is 7.91. The summed E-state index contributed by atoms with van der Waals surface area (Å²) < 4.78 is 0. The maximum Gasteiger partial charge on any atom is 0.0205 e. The highest BCUT2D eigenvalue weighted by Gasteiger charge is 1.97. The van der Waals surface area contributed by atoms with E-state index in [1.807, 2.05) is 0 Å². The molecule has 0 saturated carbocycles. The monoisotopic (exact) mass is 472 g/mol. The van der Waals surface area contributed by atoms with Crippen LogP contribution < -0.4 is 10.6 Å². The van der Waals surface area contributed by atoms with Gasteiger partial charge in [-0.15, -0.1) is 23.5 Å². The molecule has 0 saturated heterocycles. The number of nitrogens with one attached hydrogen (secondary N) is 2. The molecule has 0 bridgehead atoms. The normalized spacial score (nSPS) is 11.2. The lowest BCUT2D eigenvalue weighted by atomic mass is 10.1. The summed E-state index contributed by atoms with van der Waals surface area (Å²) in [5.74, 6) is 0. The summed E-state index contributed by atoms with van der Waals surface area (Å²) >= 11 is 3.61. The first-order chi connectivity index (χ1) is 15.8. The number of rotatable bonds is 19. The van der Waals surface area contributed by atoms with E-state index in [4.69, 9.17) is 0 Å². The topological polar surface area (TPSA) is 24.1 Å². The summed E-state index contributed by atoms with van der Waals surface area (Å²) in [6.45, 7) is 4.27. The van der Waals surface area contributed by atoms with Gasteiger partial charge in [-0.25, -0.2) is 0 Å². The second-order valence-electron chi connectivity index (χ2n) is 8.59. The average Bonchev–Trinajstić information content (AvgIpc) is 2.84. The number of unbranched alkanes of at least 4 members (excludes halogenated alkanes) is 9. The van der Waals surface area contributed by atoms with Gasteiger partial charge in [0.05, 0.1) is 0 Å². The summed E-state index contributed by atoms with van der Waals surface area (Å²) in [4.78, 5) is 2.68. The van der Waals surface area contributed by atoms with Gasteiger partial charge in [0.2, 0.25) is 0 Å². The van der Waals surface area contributed by atoms with Gasteiger partial charge >= 0.3 is 0 Å². The molecule has 4 heteroatoms. The zero-order valence-corrected chi connectivity index (χ0v) is 22.0. The second kappa shape index (κ2) is 18.5. The van der Waals surface area contributed by atoms with Gasteiger partial charge in [-0.2, -0.15) is 0 Å². The summed E-state index contributed by atoms with van der Waals surface area (Å²) in [6, 6.07) is 17.8. The third-order valence-corrected chi connectivity index (χ3v) is 7.42. The Labute approximate surface area is 206 Å². The third-order valence-electron chi connectivity index (χ3n) is 5.93. The van der Waals surface area contributed by atoms with Gasteiger partial charge in [-0.3, -0.25) is 0 Å². The lowest BCUT2D eigenvalue weighted by molar-refractivity contribution is 0.533. The molecular weight excluding hydrogens is 428 g/mol. The van der Waals surface area contributed by atoms with Crippen molar-refractivity contribution in [1.29, 1.82) is 0 Å². The van der Waals surface area contributed by atoms with Crippen molar-refractivity contribution in [2.45, 2.75) is 87.1 Å². The highest BCUT2D eigenvalue weighted by Crippen LogP contribution is 2.16. The minimum atomic E-state index is 0.996. The second-order valence-corrected chi connectivity index (χ2v) is 10.3. The van der Waals surface area contributed by atoms with Crippen LogP contribution in [0.4, 0.5) is 0 Å². The minimum Gasteiger partial charge on any atom is -0.313 e. The lowest BCUT2D eigenvalue weighted by Gasteiger charge is -2.07. The Morgan fingerprint density at radius 2 is 0.781 bits per heavy atom. The van der Waals surface area contributed by atoms with Crippen LogP contribution in [0.2, 0.25) is 0 Å². The Balaban J connectivity index is 1.29. The van der Waals surface area contributed by atoms with Crippen LogP contribution in [0.5, 0.6) is 0 Å². The maximum atomic E-state index is 3.58. The zero-order valence-electron chi connectivity index (χ0n) is 20.3. The van der Waals surface area contributed by atoms with Gasteiger partial charge in [0.1, 0.15) is 0 Å². The van der Waals surface area contributed by atoms with E-state index in [0.717, 1.165) is 26.2 Å². The first-order valence-corrected chi connectivity index (χ1v) is 14.9. The van der Waals surface area contributed by atoms with Crippen LogP contribution in [0.25, 0.3) is 0 Å². The summed E-state index contributed by atoms with van der Waals surface area (Å²) in [5.41, 5.74) is 2.78. The molecule has 178 valence electrons. The smallest absolute Gasteiger partial charge is 0.0205 e. The molecular formula is C28H44N2S2. The fraction of sp³-hybridized carbons (Fsp3) is 0.571. The Bertz CT molecular complexity index is 624. The fourth-order valence-electron chi connectivity index (χ4n) is 3.87. The number of hydrogen-bond acceptors (Lipinski definition) is 4. The van der Waals surface area contributed by atoms with Crippen LogP contribution in [0.3, 0.4) is 0 Å². The van der Waals surface area contributed by atoms with Crippen molar-refractivity contribution in [1.82, 2.24) is 10.6 Å². The van der Waals surface area contributed by atoms with Gasteiger partial charge in [-0.05, 0) is 73.8 Å². The van der Waals surface area contributed by atoms with E-state index in [1.54, 1.807) is 23.5 Å². The molecule has 0 unspecified atom stereocenters. The molecule has 0 amide bonds. The number of benzene rings is 2. The molecule has 0 fully saturated rings. The van der Waals surface area contributed by atoms with Crippen molar-refractivity contribution in [2.75, 3.05) is 25.6 Å². The van der Waals surface area contributed by atoms with Crippen molar-refractivity contribution < 1.29 is 0 Å². The molecule has 2 N–H and O–H groups in total. The van der Waals surface area contributed by atoms with Crippen LogP contribution in [0, 0.1) is 0 Å². The van der Waals surface area contributed by atoms with Crippen LogP contribution in [-0.2, 0) is 13.1 Å². The molecule has 0 atom stereocenters. The zero-order chi connectivity index (χ0) is 22.7. The molecule has 0 heterocycles. The predicted molar refractivity (Wildman–Crippen MR) is 146 cm³/mol. The van der Waals surface area contributed by atoms with Crippen molar-refractivity contribution >= 4 is 23.5 Å². The molecule has 0 radical (unpaired) electrons. The number of hydrogen-bond donors (Lipinski definition) is 2. The molecule has 2 rings (SSSR count). The van der Waals surface area contributed by atoms with E-state index in [0.29, 0.717) is 0 Å². The van der Waals surface area contributed by atoms with E-state index in [1.165, 1.54) is 85.1 Å². The third kappa shape index (κ3) is 12.9.